The molecule has 1 amide bonds. The van der Waals surface area contributed by atoms with Crippen LogP contribution in [0.1, 0.15) is 44.7 Å². The second-order valence-electron chi connectivity index (χ2n) is 11.8. The van der Waals surface area contributed by atoms with Crippen LogP contribution in [0.3, 0.4) is 0 Å². The first-order chi connectivity index (χ1) is 20.9. The molecule has 1 fully saturated rings. The lowest BCUT2D eigenvalue weighted by Crippen LogP contribution is -2.47. The van der Waals surface area contributed by atoms with Gasteiger partial charge in [0.15, 0.2) is 0 Å². The minimum absolute atomic E-state index is 0.122. The molecule has 0 atom stereocenters. The number of aromatic nitrogens is 3. The number of aryl methyl sites for hydroxylation is 1. The summed E-state index contributed by atoms with van der Waals surface area (Å²) in [6.07, 6.45) is 4.17. The summed E-state index contributed by atoms with van der Waals surface area (Å²) < 4.78 is 6.79. The van der Waals surface area contributed by atoms with Crippen molar-refractivity contribution in [2.45, 2.75) is 52.2 Å². The van der Waals surface area contributed by atoms with Crippen molar-refractivity contribution in [2.75, 3.05) is 30.4 Å². The van der Waals surface area contributed by atoms with E-state index in [2.05, 4.69) is 26.3 Å². The maximum atomic E-state index is 13.4. The Bertz CT molecular complexity index is 1820. The highest BCUT2D eigenvalue weighted by molar-refractivity contribution is 6.37. The Balaban J connectivity index is 1.32. The van der Waals surface area contributed by atoms with E-state index in [1.54, 1.807) is 30.1 Å². The third-order valence-corrected chi connectivity index (χ3v) is 8.15. The first-order valence-corrected chi connectivity index (χ1v) is 15.0. The summed E-state index contributed by atoms with van der Waals surface area (Å²) in [4.78, 5) is 38.8. The third kappa shape index (κ3) is 6.44. The lowest BCUT2D eigenvalue weighted by molar-refractivity contribution is 0.0201. The predicted octanol–water partition coefficient (Wildman–Crippen LogP) is 6.85. The predicted molar refractivity (Wildman–Crippen MR) is 174 cm³/mol. The summed E-state index contributed by atoms with van der Waals surface area (Å²) in [5, 5.41) is 13.8. The fraction of sp³-hybridized carbons (Fsp3) is 0.344. The quantitative estimate of drug-likeness (QED) is 0.254. The molecule has 0 bridgehead atoms. The fourth-order valence-corrected chi connectivity index (χ4v) is 5.92. The molecule has 5 rings (SSSR count). The van der Waals surface area contributed by atoms with Crippen molar-refractivity contribution in [3.05, 3.63) is 80.3 Å². The van der Waals surface area contributed by atoms with Crippen molar-refractivity contribution in [1.82, 2.24) is 19.4 Å². The Hall–Kier alpha value is -4.33. The number of pyridine rings is 1. The van der Waals surface area contributed by atoms with Gasteiger partial charge in [0, 0.05) is 49.9 Å². The number of carbonyl (C=O) groups excluding carboxylic acids is 1. The van der Waals surface area contributed by atoms with Crippen molar-refractivity contribution < 1.29 is 9.53 Å². The molecule has 0 saturated carbocycles. The van der Waals surface area contributed by atoms with Gasteiger partial charge in [-0.2, -0.15) is 5.26 Å². The van der Waals surface area contributed by atoms with Gasteiger partial charge in [0.1, 0.15) is 17.2 Å². The van der Waals surface area contributed by atoms with Crippen LogP contribution in [0.25, 0.3) is 16.6 Å². The average Bonchev–Trinajstić information content (AvgIpc) is 2.97. The Morgan fingerprint density at radius 2 is 1.84 bits per heavy atom. The minimum atomic E-state index is -0.525. The normalized spacial score (nSPS) is 13.9. The molecule has 0 aliphatic carbocycles. The summed E-state index contributed by atoms with van der Waals surface area (Å²) in [6, 6.07) is 13.1. The number of rotatable bonds is 5. The SMILES string of the molecule is Cc1cc(Nc2ncc3c(=O)n(-c4c(Cl)cccc4Cl)cc(C#N)c3n2)ccc1N1CCC(N(C)C(=O)OC(C)(C)C)CC1. The standard InChI is InChI=1S/C32H33Cl2N7O3/c1-19-15-21(9-10-26(19)40-13-11-22(12-14-40)39(5)31(43)44-32(2,3)4)37-30-36-17-23-27(38-30)20(16-35)18-41(29(23)42)28-24(33)7-6-8-25(28)34/h6-10,15,17-18,22H,11-14H2,1-5H3,(H,36,37,38). The highest BCUT2D eigenvalue weighted by Crippen LogP contribution is 2.30. The highest BCUT2D eigenvalue weighted by Gasteiger charge is 2.29. The number of hydrogen-bond donors (Lipinski definition) is 1. The van der Waals surface area contributed by atoms with Crippen LogP contribution in [0, 0.1) is 18.3 Å². The summed E-state index contributed by atoms with van der Waals surface area (Å²) in [6.45, 7) is 9.27. The van der Waals surface area contributed by atoms with Gasteiger partial charge in [0.25, 0.3) is 5.56 Å². The average molecular weight is 635 g/mol. The maximum absolute atomic E-state index is 13.4. The van der Waals surface area contributed by atoms with E-state index in [1.165, 1.54) is 17.0 Å². The lowest BCUT2D eigenvalue weighted by Gasteiger charge is -2.38. The maximum Gasteiger partial charge on any atom is 0.410 e. The second-order valence-corrected chi connectivity index (χ2v) is 12.6. The molecule has 10 nitrogen and oxygen atoms in total. The monoisotopic (exact) mass is 633 g/mol. The first-order valence-electron chi connectivity index (χ1n) is 14.2. The number of nitrogens with zero attached hydrogens (tertiary/aromatic N) is 6. The van der Waals surface area contributed by atoms with Crippen molar-refractivity contribution in [3.63, 3.8) is 0 Å². The number of anilines is 3. The molecular weight excluding hydrogens is 601 g/mol. The molecule has 0 radical (unpaired) electrons. The number of carbonyl (C=O) groups is 1. The molecule has 4 aromatic rings. The van der Waals surface area contributed by atoms with Gasteiger partial charge in [-0.1, -0.05) is 29.3 Å². The van der Waals surface area contributed by atoms with E-state index in [9.17, 15) is 14.9 Å². The van der Waals surface area contributed by atoms with Gasteiger partial charge in [0.2, 0.25) is 5.95 Å². The van der Waals surface area contributed by atoms with Gasteiger partial charge in [0.05, 0.1) is 26.7 Å². The van der Waals surface area contributed by atoms with E-state index < -0.39 is 11.2 Å². The van der Waals surface area contributed by atoms with Crippen LogP contribution < -0.4 is 15.8 Å². The van der Waals surface area contributed by atoms with Crippen LogP contribution in [-0.2, 0) is 4.74 Å². The number of nitriles is 1. The second kappa shape index (κ2) is 12.3. The van der Waals surface area contributed by atoms with Crippen LogP contribution in [0.15, 0.2) is 53.6 Å². The van der Waals surface area contributed by atoms with Gasteiger partial charge < -0.3 is 19.9 Å². The van der Waals surface area contributed by atoms with Crippen LogP contribution in [0.4, 0.5) is 22.1 Å². The summed E-state index contributed by atoms with van der Waals surface area (Å²) >= 11 is 12.7. The lowest BCUT2D eigenvalue weighted by atomic mass is 10.0. The van der Waals surface area contributed by atoms with Crippen molar-refractivity contribution >= 4 is 57.5 Å². The number of hydrogen-bond acceptors (Lipinski definition) is 8. The van der Waals surface area contributed by atoms with Crippen LogP contribution in [0.2, 0.25) is 10.0 Å². The molecule has 12 heteroatoms. The zero-order valence-electron chi connectivity index (χ0n) is 25.2. The van der Waals surface area contributed by atoms with E-state index in [0.717, 1.165) is 42.9 Å². The van der Waals surface area contributed by atoms with Crippen molar-refractivity contribution in [3.8, 4) is 11.8 Å². The Morgan fingerprint density at radius 3 is 2.45 bits per heavy atom. The van der Waals surface area contributed by atoms with Gasteiger partial charge in [-0.05, 0) is 76.4 Å². The first kappa shape index (κ1) is 31.1. The highest BCUT2D eigenvalue weighted by atomic mass is 35.5. The number of halogens is 2. The minimum Gasteiger partial charge on any atom is -0.444 e. The third-order valence-electron chi connectivity index (χ3n) is 7.54. The van der Waals surface area contributed by atoms with Gasteiger partial charge in [-0.15, -0.1) is 0 Å². The Kier molecular flexibility index (Phi) is 8.73. The zero-order valence-corrected chi connectivity index (χ0v) is 26.7. The zero-order chi connectivity index (χ0) is 31.8. The number of nitrogens with one attached hydrogen (secondary N) is 1. The molecule has 1 aliphatic heterocycles. The van der Waals surface area contributed by atoms with Gasteiger partial charge >= 0.3 is 6.09 Å². The van der Waals surface area contributed by atoms with Crippen molar-refractivity contribution in [1.29, 1.82) is 5.26 Å². The Labute approximate surface area is 265 Å². The molecular formula is C32H33Cl2N7O3. The summed E-state index contributed by atoms with van der Waals surface area (Å²) in [7, 11) is 1.80. The van der Waals surface area contributed by atoms with E-state index >= 15 is 0 Å². The van der Waals surface area contributed by atoms with E-state index in [-0.39, 0.29) is 50.3 Å². The van der Waals surface area contributed by atoms with Crippen LogP contribution in [-0.4, -0.2) is 57.3 Å². The van der Waals surface area contributed by atoms with E-state index in [1.807, 2.05) is 45.9 Å². The molecule has 1 saturated heterocycles. The number of para-hydroxylation sites is 1. The summed E-state index contributed by atoms with van der Waals surface area (Å²) in [5.74, 6) is 0.250. The van der Waals surface area contributed by atoms with E-state index in [4.69, 9.17) is 27.9 Å². The number of benzene rings is 2. The molecule has 1 aliphatic rings. The van der Waals surface area contributed by atoms with E-state index in [0.29, 0.717) is 0 Å². The van der Waals surface area contributed by atoms with Crippen LogP contribution >= 0.6 is 23.2 Å². The topological polar surface area (TPSA) is 116 Å². The largest absolute Gasteiger partial charge is 0.444 e. The Morgan fingerprint density at radius 1 is 1.16 bits per heavy atom. The number of ether oxygens (including phenoxy) is 1. The van der Waals surface area contributed by atoms with Crippen LogP contribution in [0.5, 0.6) is 0 Å². The fourth-order valence-electron chi connectivity index (χ4n) is 5.34. The number of amides is 1. The van der Waals surface area contributed by atoms with Crippen molar-refractivity contribution in [2.24, 2.45) is 0 Å². The molecule has 2 aromatic carbocycles. The number of piperidine rings is 1. The molecule has 0 spiro atoms. The molecule has 228 valence electrons. The summed E-state index contributed by atoms with van der Waals surface area (Å²) in [5.41, 5.74) is 2.65. The number of fused-ring (bicyclic) bond motifs is 1. The molecule has 44 heavy (non-hydrogen) atoms. The molecule has 3 heterocycles. The molecule has 1 N–H and O–H groups in total. The van der Waals surface area contributed by atoms with Gasteiger partial charge in [-0.3, -0.25) is 9.36 Å². The molecule has 0 unspecified atom stereocenters. The van der Waals surface area contributed by atoms with Gasteiger partial charge in [-0.25, -0.2) is 14.8 Å². The smallest absolute Gasteiger partial charge is 0.410 e. The molecule has 2 aromatic heterocycles.